The molecule has 1 aliphatic carbocycles. The average Bonchev–Trinajstić information content (AvgIpc) is 3.20. The molecule has 2 fully saturated rings. The predicted octanol–water partition coefficient (Wildman–Crippen LogP) is 2.04. The largest absolute Gasteiger partial charge is 0.454 e. The lowest BCUT2D eigenvalue weighted by atomic mass is 9.60. The van der Waals surface area contributed by atoms with E-state index >= 15 is 0 Å². The highest BCUT2D eigenvalue weighted by atomic mass is 16.7. The molecule has 5 rings (SSSR count). The van der Waals surface area contributed by atoms with E-state index in [1.54, 1.807) is 7.11 Å². The molecule has 4 aliphatic rings. The van der Waals surface area contributed by atoms with Crippen LogP contribution in [0.2, 0.25) is 0 Å². The van der Waals surface area contributed by atoms with Crippen molar-refractivity contribution in [3.05, 3.63) is 23.3 Å². The second-order valence-electron chi connectivity index (χ2n) is 7.64. The van der Waals surface area contributed by atoms with E-state index in [1.165, 1.54) is 11.1 Å². The molecule has 1 saturated carbocycles. The predicted molar refractivity (Wildman–Crippen MR) is 89.8 cm³/mol. The third-order valence-electron chi connectivity index (χ3n) is 6.79. The third kappa shape index (κ3) is 1.88. The van der Waals surface area contributed by atoms with Gasteiger partial charge in [0.1, 0.15) is 0 Å². The SMILES string of the molecule is CO[C@@H]1CC[C@@]23c4cc5c(cc4CO[C@@]2(OC)CN(C)[C@H]3C1)OCO5. The van der Waals surface area contributed by atoms with Gasteiger partial charge in [-0.2, -0.15) is 0 Å². The molecular formula is C19H25NO5. The molecule has 4 atom stereocenters. The molecule has 1 saturated heterocycles. The maximum atomic E-state index is 6.42. The molecule has 1 spiro atoms. The smallest absolute Gasteiger partial charge is 0.231 e. The van der Waals surface area contributed by atoms with Crippen molar-refractivity contribution < 1.29 is 23.7 Å². The van der Waals surface area contributed by atoms with Crippen LogP contribution in [0.25, 0.3) is 0 Å². The summed E-state index contributed by atoms with van der Waals surface area (Å²) in [4.78, 5) is 2.38. The van der Waals surface area contributed by atoms with Gasteiger partial charge in [0.15, 0.2) is 17.3 Å². The Hall–Kier alpha value is -1.34. The van der Waals surface area contributed by atoms with E-state index in [9.17, 15) is 0 Å². The van der Waals surface area contributed by atoms with Gasteiger partial charge < -0.3 is 23.7 Å². The Morgan fingerprint density at radius 3 is 2.76 bits per heavy atom. The normalized spacial score (nSPS) is 39.0. The Bertz CT molecular complexity index is 709. The van der Waals surface area contributed by atoms with Crippen LogP contribution in [0.4, 0.5) is 0 Å². The van der Waals surface area contributed by atoms with E-state index in [0.29, 0.717) is 12.6 Å². The second-order valence-corrected chi connectivity index (χ2v) is 7.64. The summed E-state index contributed by atoms with van der Waals surface area (Å²) in [6.45, 7) is 1.59. The number of benzene rings is 1. The molecule has 0 aromatic heterocycles. The van der Waals surface area contributed by atoms with Crippen molar-refractivity contribution in [2.45, 2.75) is 49.2 Å². The zero-order valence-electron chi connectivity index (χ0n) is 15.0. The number of methoxy groups -OCH3 is 2. The number of likely N-dealkylation sites (tertiary alicyclic amines) is 1. The average molecular weight is 347 g/mol. The molecule has 0 bridgehead atoms. The topological polar surface area (TPSA) is 49.4 Å². The van der Waals surface area contributed by atoms with E-state index < -0.39 is 5.79 Å². The van der Waals surface area contributed by atoms with Crippen LogP contribution in [0.15, 0.2) is 12.1 Å². The molecule has 0 N–H and O–H groups in total. The van der Waals surface area contributed by atoms with E-state index in [-0.39, 0.29) is 18.3 Å². The molecule has 6 nitrogen and oxygen atoms in total. The van der Waals surface area contributed by atoms with E-state index in [0.717, 1.165) is 37.3 Å². The molecule has 136 valence electrons. The molecule has 6 heteroatoms. The summed E-state index contributed by atoms with van der Waals surface area (Å²) in [6, 6.07) is 4.57. The van der Waals surface area contributed by atoms with E-state index in [4.69, 9.17) is 23.7 Å². The van der Waals surface area contributed by atoms with E-state index in [2.05, 4.69) is 24.1 Å². The van der Waals surface area contributed by atoms with Crippen molar-refractivity contribution in [1.82, 2.24) is 4.90 Å². The molecule has 1 aromatic rings. The van der Waals surface area contributed by atoms with Crippen molar-refractivity contribution in [3.8, 4) is 11.5 Å². The van der Waals surface area contributed by atoms with Gasteiger partial charge in [-0.1, -0.05) is 0 Å². The highest BCUT2D eigenvalue weighted by Crippen LogP contribution is 2.60. The van der Waals surface area contributed by atoms with Crippen LogP contribution in [0.1, 0.15) is 30.4 Å². The first kappa shape index (κ1) is 15.9. The lowest BCUT2D eigenvalue weighted by Crippen LogP contribution is -2.61. The molecule has 0 radical (unpaired) electrons. The fourth-order valence-corrected chi connectivity index (χ4v) is 5.63. The minimum atomic E-state index is -0.619. The Morgan fingerprint density at radius 2 is 2.00 bits per heavy atom. The lowest BCUT2D eigenvalue weighted by Gasteiger charge is -2.53. The van der Waals surface area contributed by atoms with Crippen LogP contribution in [-0.4, -0.2) is 57.4 Å². The summed E-state index contributed by atoms with van der Waals surface area (Å²) in [5.74, 6) is 1.03. The zero-order valence-corrected chi connectivity index (χ0v) is 15.0. The van der Waals surface area contributed by atoms with Crippen molar-refractivity contribution in [3.63, 3.8) is 0 Å². The van der Waals surface area contributed by atoms with Gasteiger partial charge in [-0.15, -0.1) is 0 Å². The summed E-state index contributed by atoms with van der Waals surface area (Å²) in [7, 11) is 5.75. The van der Waals surface area contributed by atoms with Gasteiger partial charge in [-0.05, 0) is 49.6 Å². The number of nitrogens with zero attached hydrogens (tertiary/aromatic N) is 1. The number of likely N-dealkylation sites (N-methyl/N-ethyl adjacent to an activating group) is 1. The highest BCUT2D eigenvalue weighted by Gasteiger charge is 2.68. The maximum Gasteiger partial charge on any atom is 0.231 e. The Morgan fingerprint density at radius 1 is 1.20 bits per heavy atom. The summed E-state index contributed by atoms with van der Waals surface area (Å²) in [6.07, 6.45) is 3.24. The number of fused-ring (bicyclic) bond motifs is 2. The Kier molecular flexibility index (Phi) is 3.39. The number of hydrogen-bond acceptors (Lipinski definition) is 6. The molecule has 0 unspecified atom stereocenters. The van der Waals surface area contributed by atoms with Crippen LogP contribution in [0.5, 0.6) is 11.5 Å². The first-order valence-electron chi connectivity index (χ1n) is 8.99. The molecule has 3 heterocycles. The van der Waals surface area contributed by atoms with Gasteiger partial charge in [-0.3, -0.25) is 4.90 Å². The zero-order chi connectivity index (χ0) is 17.2. The monoisotopic (exact) mass is 347 g/mol. The summed E-state index contributed by atoms with van der Waals surface area (Å²) >= 11 is 0. The van der Waals surface area contributed by atoms with Gasteiger partial charge in [0.05, 0.1) is 24.7 Å². The minimum Gasteiger partial charge on any atom is -0.454 e. The standard InChI is InChI=1S/C19H25NO5/c1-20-10-19(22-3)18(5-4-13(21-2)7-17(18)20)14-8-16-15(23-11-24-16)6-12(14)9-25-19/h6,8,13,17H,4-5,7,9-11H2,1-3H3/t13-,17+,18+,19+/m1/s1. The molecule has 25 heavy (non-hydrogen) atoms. The fraction of sp³-hybridized carbons (Fsp3) is 0.684. The van der Waals surface area contributed by atoms with Crippen LogP contribution in [-0.2, 0) is 26.2 Å². The Labute approximate surface area is 147 Å². The van der Waals surface area contributed by atoms with Gasteiger partial charge in [0.25, 0.3) is 0 Å². The second kappa shape index (κ2) is 5.33. The first-order valence-corrected chi connectivity index (χ1v) is 8.99. The lowest BCUT2D eigenvalue weighted by molar-refractivity contribution is -0.267. The van der Waals surface area contributed by atoms with Crippen molar-refractivity contribution >= 4 is 0 Å². The minimum absolute atomic E-state index is 0.208. The Balaban J connectivity index is 1.70. The summed E-state index contributed by atoms with van der Waals surface area (Å²) in [5, 5.41) is 0. The van der Waals surface area contributed by atoms with Gasteiger partial charge >= 0.3 is 0 Å². The number of hydrogen-bond donors (Lipinski definition) is 0. The first-order chi connectivity index (χ1) is 12.1. The van der Waals surface area contributed by atoms with Crippen molar-refractivity contribution in [2.75, 3.05) is 34.6 Å². The fourth-order valence-electron chi connectivity index (χ4n) is 5.63. The molecular weight excluding hydrogens is 322 g/mol. The van der Waals surface area contributed by atoms with Gasteiger partial charge in [-0.25, -0.2) is 0 Å². The van der Waals surface area contributed by atoms with Crippen LogP contribution >= 0.6 is 0 Å². The van der Waals surface area contributed by atoms with Crippen molar-refractivity contribution in [2.24, 2.45) is 0 Å². The van der Waals surface area contributed by atoms with Crippen LogP contribution < -0.4 is 9.47 Å². The summed E-state index contributed by atoms with van der Waals surface area (Å²) in [5.41, 5.74) is 2.28. The molecule has 1 aromatic carbocycles. The highest BCUT2D eigenvalue weighted by molar-refractivity contribution is 5.54. The van der Waals surface area contributed by atoms with Crippen LogP contribution in [0.3, 0.4) is 0 Å². The third-order valence-corrected chi connectivity index (χ3v) is 6.79. The molecule has 0 amide bonds. The maximum absolute atomic E-state index is 6.42. The molecule has 3 aliphatic heterocycles. The van der Waals surface area contributed by atoms with Gasteiger partial charge in [0, 0.05) is 20.3 Å². The van der Waals surface area contributed by atoms with E-state index in [1.807, 2.05) is 7.11 Å². The quantitative estimate of drug-likeness (QED) is 0.816. The van der Waals surface area contributed by atoms with Crippen LogP contribution in [0, 0.1) is 0 Å². The number of ether oxygens (including phenoxy) is 5. The van der Waals surface area contributed by atoms with Gasteiger partial charge in [0.2, 0.25) is 6.79 Å². The summed E-state index contributed by atoms with van der Waals surface area (Å²) < 4.78 is 29.5. The van der Waals surface area contributed by atoms with Crippen molar-refractivity contribution in [1.29, 1.82) is 0 Å². The number of rotatable bonds is 2.